The van der Waals surface area contributed by atoms with Gasteiger partial charge < -0.3 is 5.11 Å². The highest BCUT2D eigenvalue weighted by Gasteiger charge is 2.49. The van der Waals surface area contributed by atoms with Crippen molar-refractivity contribution < 1.29 is 9.90 Å². The van der Waals surface area contributed by atoms with Gasteiger partial charge in [0.25, 0.3) is 0 Å². The minimum absolute atomic E-state index is 0.118. The smallest absolute Gasteiger partial charge is 0.182 e. The summed E-state index contributed by atoms with van der Waals surface area (Å²) in [4.78, 5) is 14.2. The lowest BCUT2D eigenvalue weighted by Crippen LogP contribution is -2.35. The Morgan fingerprint density at radius 2 is 1.08 bits per heavy atom. The fraction of sp³-hybridized carbons (Fsp3) is 0.378. The summed E-state index contributed by atoms with van der Waals surface area (Å²) in [7, 11) is 0. The van der Waals surface area contributed by atoms with E-state index < -0.39 is 5.41 Å². The molecule has 1 unspecified atom stereocenters. The molecule has 0 saturated carbocycles. The molecule has 4 aromatic carbocycles. The van der Waals surface area contributed by atoms with Crippen LogP contribution < -0.4 is 0 Å². The van der Waals surface area contributed by atoms with Gasteiger partial charge in [-0.3, -0.25) is 4.79 Å². The molecule has 1 aliphatic rings. The molecule has 0 radical (unpaired) electrons. The van der Waals surface area contributed by atoms with E-state index in [0.717, 1.165) is 51.4 Å². The highest BCUT2D eigenvalue weighted by molar-refractivity contribution is 6.23. The maximum Gasteiger partial charge on any atom is 0.182 e. The summed E-state index contributed by atoms with van der Waals surface area (Å²) in [5.41, 5.74) is 5.35. The maximum atomic E-state index is 14.2. The van der Waals surface area contributed by atoms with Crippen molar-refractivity contribution in [2.45, 2.75) is 87.0 Å². The van der Waals surface area contributed by atoms with Crippen LogP contribution in [0.1, 0.15) is 107 Å². The van der Waals surface area contributed by atoms with Gasteiger partial charge in [0.15, 0.2) is 5.78 Å². The molecule has 2 heteroatoms. The van der Waals surface area contributed by atoms with E-state index in [0.29, 0.717) is 6.42 Å². The summed E-state index contributed by atoms with van der Waals surface area (Å²) in [5, 5.41) is 11.5. The first-order chi connectivity index (χ1) is 19.2. The van der Waals surface area contributed by atoms with Crippen LogP contribution in [0.15, 0.2) is 84.9 Å². The number of hydrogen-bond donors (Lipinski definition) is 1. The molecule has 1 aliphatic carbocycles. The Morgan fingerprint density at radius 3 is 1.54 bits per heavy atom. The molecule has 4 aromatic rings. The fourth-order valence-corrected chi connectivity index (χ4v) is 5.17. The first kappa shape index (κ1) is 33.8. The number of hydrogen-bond acceptors (Lipinski definition) is 2. The van der Waals surface area contributed by atoms with Gasteiger partial charge in [-0.25, -0.2) is 0 Å². The van der Waals surface area contributed by atoms with Crippen LogP contribution >= 0.6 is 0 Å². The van der Waals surface area contributed by atoms with E-state index in [4.69, 9.17) is 0 Å². The second-order valence-corrected chi connectivity index (χ2v) is 8.41. The van der Waals surface area contributed by atoms with Crippen molar-refractivity contribution in [3.8, 4) is 0 Å². The molecular weight excluding hydrogens is 476 g/mol. The molecule has 0 spiro atoms. The number of aliphatic hydroxyl groups excluding tert-OH is 1. The van der Waals surface area contributed by atoms with Gasteiger partial charge in [-0.15, -0.1) is 0 Å². The van der Waals surface area contributed by atoms with Gasteiger partial charge in [0, 0.05) is 12.2 Å². The zero-order valence-corrected chi connectivity index (χ0v) is 25.8. The summed E-state index contributed by atoms with van der Waals surface area (Å²) in [6.45, 7) is 18.3. The second kappa shape index (κ2) is 17.4. The summed E-state index contributed by atoms with van der Waals surface area (Å²) in [6, 6.07) is 29.1. The maximum absolute atomic E-state index is 14.2. The summed E-state index contributed by atoms with van der Waals surface area (Å²) >= 11 is 0. The van der Waals surface area contributed by atoms with Crippen molar-refractivity contribution in [2.24, 2.45) is 0 Å². The third-order valence-corrected chi connectivity index (χ3v) is 6.61. The van der Waals surface area contributed by atoms with Crippen LogP contribution in [0.3, 0.4) is 0 Å². The molecule has 0 fully saturated rings. The molecule has 2 nitrogen and oxygen atoms in total. The van der Waals surface area contributed by atoms with E-state index in [1.807, 2.05) is 79.7 Å². The van der Waals surface area contributed by atoms with Crippen molar-refractivity contribution in [3.63, 3.8) is 0 Å². The standard InChI is InChI=1S/C29H26O2.4C2H6/c1-2-5-20-10-14-23(15-11-20)29(24-16-12-21(13-17-24)18-19-30)26-9-4-7-22-6-3-8-25(27(22)26)28(29)31;4*1-2/h3-4,6-17,30H,2,5,18-19H2,1H3;4*1-2H3. The second-order valence-electron chi connectivity index (χ2n) is 8.41. The number of Topliss-reactive ketones (excluding diaryl/α,β-unsaturated/α-hetero) is 1. The topological polar surface area (TPSA) is 37.3 Å². The monoisotopic (exact) mass is 526 g/mol. The molecule has 0 heterocycles. The number of carbonyl (C=O) groups excluding carboxylic acids is 1. The number of ketones is 1. The van der Waals surface area contributed by atoms with Gasteiger partial charge in [-0.05, 0) is 51.4 Å². The molecule has 0 saturated heterocycles. The number of rotatable bonds is 6. The first-order valence-corrected chi connectivity index (χ1v) is 15.1. The van der Waals surface area contributed by atoms with Gasteiger partial charge in [0.1, 0.15) is 5.41 Å². The van der Waals surface area contributed by atoms with Crippen LogP contribution in [-0.4, -0.2) is 17.5 Å². The van der Waals surface area contributed by atoms with E-state index in [-0.39, 0.29) is 12.4 Å². The Labute approximate surface area is 238 Å². The summed E-state index contributed by atoms with van der Waals surface area (Å²) in [5.74, 6) is 0.137. The van der Waals surface area contributed by atoms with Crippen LogP contribution in [0.4, 0.5) is 0 Å². The van der Waals surface area contributed by atoms with Crippen LogP contribution in [0, 0.1) is 0 Å². The molecule has 0 bridgehead atoms. The Bertz CT molecular complexity index is 1200. The third-order valence-electron chi connectivity index (χ3n) is 6.61. The number of benzene rings is 4. The Morgan fingerprint density at radius 1 is 0.615 bits per heavy atom. The molecule has 1 atom stereocenters. The molecule has 0 aromatic heterocycles. The van der Waals surface area contributed by atoms with Crippen molar-refractivity contribution >= 4 is 16.6 Å². The predicted octanol–water partition coefficient (Wildman–Crippen LogP) is 9.96. The van der Waals surface area contributed by atoms with E-state index in [2.05, 4.69) is 67.6 Å². The van der Waals surface area contributed by atoms with Crippen molar-refractivity contribution in [2.75, 3.05) is 6.61 Å². The highest BCUT2D eigenvalue weighted by Crippen LogP contribution is 2.50. The highest BCUT2D eigenvalue weighted by atomic mass is 16.3. The third kappa shape index (κ3) is 6.68. The van der Waals surface area contributed by atoms with Crippen LogP contribution in [0.2, 0.25) is 0 Å². The van der Waals surface area contributed by atoms with E-state index in [1.54, 1.807) is 0 Å². The van der Waals surface area contributed by atoms with Crippen LogP contribution in [0.5, 0.6) is 0 Å². The lowest BCUT2D eigenvalue weighted by molar-refractivity contribution is 0.0945. The molecular formula is C37H50O2. The molecule has 0 aliphatic heterocycles. The summed E-state index contributed by atoms with van der Waals surface area (Å²) < 4.78 is 0. The quantitative estimate of drug-likeness (QED) is 0.271. The van der Waals surface area contributed by atoms with E-state index in [1.165, 1.54) is 5.56 Å². The van der Waals surface area contributed by atoms with Gasteiger partial charge in [0.05, 0.1) is 0 Å². The van der Waals surface area contributed by atoms with Crippen molar-refractivity contribution in [3.05, 3.63) is 118 Å². The largest absolute Gasteiger partial charge is 0.396 e. The number of carbonyl (C=O) groups is 1. The molecule has 39 heavy (non-hydrogen) atoms. The van der Waals surface area contributed by atoms with E-state index >= 15 is 0 Å². The zero-order valence-electron chi connectivity index (χ0n) is 25.8. The van der Waals surface area contributed by atoms with Crippen LogP contribution in [0.25, 0.3) is 10.8 Å². The predicted molar refractivity (Wildman–Crippen MR) is 171 cm³/mol. The minimum atomic E-state index is -0.855. The van der Waals surface area contributed by atoms with E-state index in [9.17, 15) is 9.90 Å². The Hall–Kier alpha value is -3.23. The molecule has 0 amide bonds. The molecule has 5 rings (SSSR count). The number of aliphatic hydroxyl groups is 1. The van der Waals surface area contributed by atoms with Gasteiger partial charge in [-0.2, -0.15) is 0 Å². The average molecular weight is 527 g/mol. The van der Waals surface area contributed by atoms with Crippen molar-refractivity contribution in [1.29, 1.82) is 0 Å². The Balaban J connectivity index is 0.000000874. The van der Waals surface area contributed by atoms with Gasteiger partial charge >= 0.3 is 0 Å². The number of aryl methyl sites for hydroxylation is 1. The minimum Gasteiger partial charge on any atom is -0.396 e. The van der Waals surface area contributed by atoms with Gasteiger partial charge in [0.2, 0.25) is 0 Å². The normalized spacial score (nSPS) is 14.5. The SMILES string of the molecule is CC.CC.CC.CC.CCCc1ccc(C2(c3ccc(CCO)cc3)C(=O)c3cccc4cccc2c34)cc1. The summed E-state index contributed by atoms with van der Waals surface area (Å²) in [6.07, 6.45) is 2.75. The van der Waals surface area contributed by atoms with Crippen LogP contribution in [-0.2, 0) is 18.3 Å². The first-order valence-electron chi connectivity index (χ1n) is 15.1. The zero-order chi connectivity index (χ0) is 29.4. The Kier molecular flexibility index (Phi) is 15.1. The molecule has 1 N–H and O–H groups in total. The molecule has 210 valence electrons. The van der Waals surface area contributed by atoms with Crippen molar-refractivity contribution in [1.82, 2.24) is 0 Å². The lowest BCUT2D eigenvalue weighted by atomic mass is 9.68. The average Bonchev–Trinajstić information content (AvgIpc) is 3.28. The van der Waals surface area contributed by atoms with Gasteiger partial charge in [-0.1, -0.05) is 154 Å². The lowest BCUT2D eigenvalue weighted by Gasteiger charge is -2.31. The fourth-order valence-electron chi connectivity index (χ4n) is 5.17.